The van der Waals surface area contributed by atoms with Crippen molar-refractivity contribution in [2.45, 2.75) is 0 Å². The Balaban J connectivity index is 2.70. The number of allylic oxidation sites excluding steroid dienone is 6. The molecule has 0 amide bonds. The summed E-state index contributed by atoms with van der Waals surface area (Å²) in [7, 11) is 1.42. The first-order chi connectivity index (χ1) is 4.89. The molecule has 0 aromatic rings. The number of rotatable bonds is 0. The van der Waals surface area contributed by atoms with Gasteiger partial charge in [0.2, 0.25) is 7.28 Å². The van der Waals surface area contributed by atoms with Crippen LogP contribution in [0.3, 0.4) is 0 Å². The van der Waals surface area contributed by atoms with Crippen molar-refractivity contribution in [1.82, 2.24) is 0 Å². The third-order valence-corrected chi connectivity index (χ3v) is 1.07. The summed E-state index contributed by atoms with van der Waals surface area (Å²) in [6.45, 7) is 0. The van der Waals surface area contributed by atoms with Crippen LogP contribution in [-0.2, 0) is 0 Å². The van der Waals surface area contributed by atoms with Crippen LogP contribution in [-0.4, -0.2) is 7.28 Å². The quantitative estimate of drug-likeness (QED) is 0.444. The molecule has 0 saturated carbocycles. The summed E-state index contributed by atoms with van der Waals surface area (Å²) in [5.74, 6) is 1.66. The van der Waals surface area contributed by atoms with Gasteiger partial charge in [0.1, 0.15) is 0 Å². The minimum Gasteiger partial charge on any atom is -0.223 e. The molecular formula is C8H7BF. The van der Waals surface area contributed by atoms with Crippen LogP contribution < -0.4 is 0 Å². The molecule has 1 aliphatic rings. The SMILES string of the molecule is FC1=CC=CC=CC=C[B]1. The third-order valence-electron chi connectivity index (χ3n) is 1.07. The van der Waals surface area contributed by atoms with Crippen molar-refractivity contribution >= 4 is 7.28 Å². The molecular weight excluding hydrogens is 126 g/mol. The minimum absolute atomic E-state index is 0.226. The second-order valence-electron chi connectivity index (χ2n) is 1.87. The first-order valence-electron chi connectivity index (χ1n) is 3.10. The van der Waals surface area contributed by atoms with Crippen molar-refractivity contribution in [1.29, 1.82) is 0 Å². The summed E-state index contributed by atoms with van der Waals surface area (Å²) in [6, 6.07) is 0. The average Bonchev–Trinajstić information content (AvgIpc) is 2.02. The molecule has 0 unspecified atom stereocenters. The third kappa shape index (κ3) is 2.49. The highest BCUT2D eigenvalue weighted by Crippen LogP contribution is 1.96. The summed E-state index contributed by atoms with van der Waals surface area (Å²) in [5.41, 5.74) is -0.226. The fraction of sp³-hybridized carbons (Fsp3) is 0. The number of halogens is 1. The van der Waals surface area contributed by atoms with E-state index >= 15 is 0 Å². The topological polar surface area (TPSA) is 0 Å². The summed E-state index contributed by atoms with van der Waals surface area (Å²) >= 11 is 0. The summed E-state index contributed by atoms with van der Waals surface area (Å²) in [5, 5.41) is 0. The van der Waals surface area contributed by atoms with Gasteiger partial charge in [-0.15, -0.1) is 5.98 Å². The standard InChI is InChI=1S/C8H7BF/c10-8-6-4-2-1-3-5-7-9-8/h1-7H. The number of hydrogen-bond acceptors (Lipinski definition) is 0. The van der Waals surface area contributed by atoms with E-state index in [0.717, 1.165) is 0 Å². The van der Waals surface area contributed by atoms with Crippen LogP contribution in [0.15, 0.2) is 48.2 Å². The Hall–Kier alpha value is -1.05. The highest BCUT2D eigenvalue weighted by atomic mass is 19.1. The summed E-state index contributed by atoms with van der Waals surface area (Å²) < 4.78 is 12.5. The first-order valence-corrected chi connectivity index (χ1v) is 3.10. The highest BCUT2D eigenvalue weighted by Gasteiger charge is 1.89. The summed E-state index contributed by atoms with van der Waals surface area (Å²) in [4.78, 5) is 0. The van der Waals surface area contributed by atoms with Crippen molar-refractivity contribution < 1.29 is 4.39 Å². The van der Waals surface area contributed by atoms with Crippen LogP contribution in [0.4, 0.5) is 4.39 Å². The Morgan fingerprint density at radius 3 is 2.60 bits per heavy atom. The van der Waals surface area contributed by atoms with Gasteiger partial charge < -0.3 is 0 Å². The maximum Gasteiger partial charge on any atom is 0.221 e. The number of hydrogen-bond donors (Lipinski definition) is 0. The van der Waals surface area contributed by atoms with Crippen LogP contribution in [0.2, 0.25) is 0 Å². The molecule has 0 aromatic carbocycles. The van der Waals surface area contributed by atoms with Gasteiger partial charge in [-0.05, 0) is 6.08 Å². The predicted octanol–water partition coefficient (Wildman–Crippen LogP) is 2.14. The van der Waals surface area contributed by atoms with Crippen LogP contribution in [0, 0.1) is 0 Å². The van der Waals surface area contributed by atoms with Crippen LogP contribution >= 0.6 is 0 Å². The van der Waals surface area contributed by atoms with E-state index in [2.05, 4.69) is 0 Å². The maximum absolute atomic E-state index is 12.5. The van der Waals surface area contributed by atoms with Gasteiger partial charge in [-0.3, -0.25) is 0 Å². The van der Waals surface area contributed by atoms with Crippen molar-refractivity contribution in [3.63, 3.8) is 0 Å². The molecule has 0 atom stereocenters. The Labute approximate surface area is 60.7 Å². The molecule has 49 valence electrons. The molecule has 0 aliphatic carbocycles. The van der Waals surface area contributed by atoms with E-state index in [4.69, 9.17) is 0 Å². The second kappa shape index (κ2) is 3.88. The Bertz CT molecular complexity index is 211. The van der Waals surface area contributed by atoms with E-state index in [1.54, 1.807) is 24.2 Å². The lowest BCUT2D eigenvalue weighted by Gasteiger charge is -1.82. The van der Waals surface area contributed by atoms with Gasteiger partial charge >= 0.3 is 0 Å². The molecule has 0 fully saturated rings. The monoisotopic (exact) mass is 133 g/mol. The summed E-state index contributed by atoms with van der Waals surface area (Å²) in [6.07, 6.45) is 10.3. The molecule has 1 heterocycles. The zero-order chi connectivity index (χ0) is 7.23. The molecule has 1 radical (unpaired) electrons. The van der Waals surface area contributed by atoms with E-state index < -0.39 is 0 Å². The maximum atomic E-state index is 12.5. The van der Waals surface area contributed by atoms with E-state index in [9.17, 15) is 4.39 Å². The predicted molar refractivity (Wildman–Crippen MR) is 42.4 cm³/mol. The molecule has 2 heteroatoms. The molecule has 0 saturated heterocycles. The van der Waals surface area contributed by atoms with Gasteiger partial charge in [0.15, 0.2) is 0 Å². The molecule has 1 aliphatic heterocycles. The normalized spacial score (nSPS) is 16.7. The Kier molecular flexibility index (Phi) is 2.74. The van der Waals surface area contributed by atoms with Crippen LogP contribution in [0.1, 0.15) is 0 Å². The fourth-order valence-corrected chi connectivity index (χ4v) is 0.607. The lowest BCUT2D eigenvalue weighted by Crippen LogP contribution is -1.83. The van der Waals surface area contributed by atoms with Gasteiger partial charge in [0.25, 0.3) is 0 Å². The Morgan fingerprint density at radius 1 is 1.00 bits per heavy atom. The van der Waals surface area contributed by atoms with Crippen LogP contribution in [0.25, 0.3) is 0 Å². The van der Waals surface area contributed by atoms with Gasteiger partial charge in [-0.1, -0.05) is 30.4 Å². The van der Waals surface area contributed by atoms with E-state index in [0.29, 0.717) is 0 Å². The van der Waals surface area contributed by atoms with Gasteiger partial charge in [-0.2, -0.15) is 0 Å². The molecule has 0 aromatic heterocycles. The fourth-order valence-electron chi connectivity index (χ4n) is 0.607. The lowest BCUT2D eigenvalue weighted by molar-refractivity contribution is 0.692. The molecule has 0 N–H and O–H groups in total. The Morgan fingerprint density at radius 2 is 1.70 bits per heavy atom. The molecule has 10 heavy (non-hydrogen) atoms. The van der Waals surface area contributed by atoms with Gasteiger partial charge in [0, 0.05) is 0 Å². The van der Waals surface area contributed by atoms with Crippen molar-refractivity contribution in [2.75, 3.05) is 0 Å². The largest absolute Gasteiger partial charge is 0.223 e. The first kappa shape index (κ1) is 7.07. The molecule has 1 rings (SSSR count). The molecule has 0 spiro atoms. The smallest absolute Gasteiger partial charge is 0.221 e. The van der Waals surface area contributed by atoms with E-state index in [-0.39, 0.29) is 5.73 Å². The average molecular weight is 133 g/mol. The van der Waals surface area contributed by atoms with Crippen molar-refractivity contribution in [3.05, 3.63) is 48.2 Å². The van der Waals surface area contributed by atoms with Gasteiger partial charge in [-0.25, -0.2) is 4.39 Å². The van der Waals surface area contributed by atoms with Crippen molar-refractivity contribution in [3.8, 4) is 0 Å². The van der Waals surface area contributed by atoms with Gasteiger partial charge in [0.05, 0.1) is 5.73 Å². The van der Waals surface area contributed by atoms with E-state index in [1.807, 2.05) is 12.2 Å². The minimum atomic E-state index is -0.226. The van der Waals surface area contributed by atoms with Crippen LogP contribution in [0.5, 0.6) is 0 Å². The zero-order valence-corrected chi connectivity index (χ0v) is 5.50. The molecule has 0 bridgehead atoms. The second-order valence-corrected chi connectivity index (χ2v) is 1.87. The van der Waals surface area contributed by atoms with E-state index in [1.165, 1.54) is 13.4 Å². The zero-order valence-electron chi connectivity index (χ0n) is 5.50. The highest BCUT2D eigenvalue weighted by molar-refractivity contribution is 6.50. The lowest BCUT2D eigenvalue weighted by atomic mass is 9.76. The van der Waals surface area contributed by atoms with Crippen molar-refractivity contribution in [2.24, 2.45) is 0 Å². The molecule has 0 nitrogen and oxygen atoms in total.